The molecule has 0 unspecified atom stereocenters. The molecule has 0 spiro atoms. The number of nitrogens with zero attached hydrogens (tertiary/aromatic N) is 5. The second-order valence-electron chi connectivity index (χ2n) is 6.45. The van der Waals surface area contributed by atoms with Crippen LogP contribution in [0.15, 0.2) is 54.8 Å². The van der Waals surface area contributed by atoms with Crippen LogP contribution in [0.4, 0.5) is 0 Å². The van der Waals surface area contributed by atoms with Gasteiger partial charge in [-0.05, 0) is 28.1 Å². The highest BCUT2D eigenvalue weighted by Gasteiger charge is 2.15. The fourth-order valence-corrected chi connectivity index (χ4v) is 4.26. The van der Waals surface area contributed by atoms with Crippen molar-refractivity contribution in [1.82, 2.24) is 24.1 Å². The van der Waals surface area contributed by atoms with E-state index >= 15 is 0 Å². The summed E-state index contributed by atoms with van der Waals surface area (Å²) in [6.45, 7) is 3.75. The van der Waals surface area contributed by atoms with Gasteiger partial charge in [-0.15, -0.1) is 0 Å². The summed E-state index contributed by atoms with van der Waals surface area (Å²) in [5.74, 6) is 0.0823. The zero-order valence-corrected chi connectivity index (χ0v) is 19.8. The number of hydrazone groups is 1. The van der Waals surface area contributed by atoms with Gasteiger partial charge in [0.25, 0.3) is 11.5 Å². The second-order valence-corrected chi connectivity index (χ2v) is 8.22. The summed E-state index contributed by atoms with van der Waals surface area (Å²) in [5.41, 5.74) is 2.37. The highest BCUT2D eigenvalue weighted by molar-refractivity contribution is 9.11. The molecular weight excluding hydrogens is 536 g/mol. The van der Waals surface area contributed by atoms with E-state index in [9.17, 15) is 14.4 Å². The lowest BCUT2D eigenvalue weighted by Gasteiger charge is -2.10. The molecule has 0 radical (unpaired) electrons. The molecule has 1 amide bonds. The average molecular weight is 554 g/mol. The van der Waals surface area contributed by atoms with Gasteiger partial charge in [0.2, 0.25) is 0 Å². The Balaban J connectivity index is 1.80. The van der Waals surface area contributed by atoms with Crippen LogP contribution in [0.5, 0.6) is 5.75 Å². The van der Waals surface area contributed by atoms with Crippen LogP contribution in [0.3, 0.4) is 0 Å². The van der Waals surface area contributed by atoms with Crippen molar-refractivity contribution in [2.45, 2.75) is 6.54 Å². The number of aromatic nitrogens is 4. The summed E-state index contributed by atoms with van der Waals surface area (Å²) in [7, 11) is 2.88. The molecule has 12 heteroatoms. The molecule has 10 nitrogen and oxygen atoms in total. The number of fused-ring (bicyclic) bond motifs is 1. The van der Waals surface area contributed by atoms with Crippen LogP contribution in [-0.2, 0) is 25.4 Å². The molecular formula is C19H18Br2N6O4. The highest BCUT2D eigenvalue weighted by atomic mass is 79.9. The van der Waals surface area contributed by atoms with Crippen LogP contribution in [-0.4, -0.2) is 37.4 Å². The third-order valence-electron chi connectivity index (χ3n) is 4.30. The van der Waals surface area contributed by atoms with Crippen molar-refractivity contribution < 1.29 is 9.53 Å². The molecule has 0 fully saturated rings. The lowest BCUT2D eigenvalue weighted by atomic mass is 10.2. The molecule has 0 saturated heterocycles. The zero-order chi connectivity index (χ0) is 22.7. The first-order chi connectivity index (χ1) is 14.7. The number of carbonyl (C=O) groups is 1. The molecule has 0 aliphatic heterocycles. The first-order valence-electron chi connectivity index (χ1n) is 8.90. The van der Waals surface area contributed by atoms with Gasteiger partial charge in [0.05, 0.1) is 17.0 Å². The molecule has 31 heavy (non-hydrogen) atoms. The molecule has 0 bridgehead atoms. The van der Waals surface area contributed by atoms with E-state index in [2.05, 4.69) is 54.0 Å². The third-order valence-corrected chi connectivity index (χ3v) is 5.35. The monoisotopic (exact) mass is 552 g/mol. The van der Waals surface area contributed by atoms with E-state index < -0.39 is 17.2 Å². The minimum atomic E-state index is -0.525. The van der Waals surface area contributed by atoms with Crippen molar-refractivity contribution in [3.63, 3.8) is 0 Å². The first-order valence-corrected chi connectivity index (χ1v) is 10.5. The Morgan fingerprint density at radius 3 is 2.74 bits per heavy atom. The standard InChI is InChI=1S/C19H18Br2N6O4/c1-4-5-31-16-11(6-12(20)7-13(16)21)8-23-24-14(28)9-27-10-22-15-17(27)25(2)19(30)26(3)18(15)29/h4,6-8,10H,1,5,9H2,2-3H3,(H,24,28)/b23-8-. The summed E-state index contributed by atoms with van der Waals surface area (Å²) in [5, 5.41) is 3.98. The number of rotatable bonds is 7. The number of halogens is 2. The summed E-state index contributed by atoms with van der Waals surface area (Å²) >= 11 is 6.83. The molecule has 3 rings (SSSR count). The Hall–Kier alpha value is -2.99. The van der Waals surface area contributed by atoms with E-state index in [0.29, 0.717) is 22.4 Å². The largest absolute Gasteiger partial charge is 0.488 e. The maximum atomic E-state index is 12.4. The Bertz CT molecular complexity index is 1320. The molecule has 1 aromatic carbocycles. The smallest absolute Gasteiger partial charge is 0.332 e. The summed E-state index contributed by atoms with van der Waals surface area (Å²) < 4.78 is 10.8. The van der Waals surface area contributed by atoms with E-state index in [1.54, 1.807) is 12.1 Å². The highest BCUT2D eigenvalue weighted by Crippen LogP contribution is 2.32. The second kappa shape index (κ2) is 9.43. The number of amides is 1. The molecule has 162 valence electrons. The van der Waals surface area contributed by atoms with Crippen molar-refractivity contribution in [2.75, 3.05) is 6.61 Å². The molecule has 1 N–H and O–H groups in total. The topological polar surface area (TPSA) is 113 Å². The summed E-state index contributed by atoms with van der Waals surface area (Å²) in [6, 6.07) is 3.61. The number of hydrogen-bond acceptors (Lipinski definition) is 6. The van der Waals surface area contributed by atoms with Crippen LogP contribution in [0.25, 0.3) is 11.2 Å². The van der Waals surface area contributed by atoms with Crippen LogP contribution in [0, 0.1) is 0 Å². The first kappa shape index (κ1) is 22.7. The maximum Gasteiger partial charge on any atom is 0.332 e. The lowest BCUT2D eigenvalue weighted by Crippen LogP contribution is -2.37. The molecule has 2 heterocycles. The van der Waals surface area contributed by atoms with Gasteiger partial charge in [0.15, 0.2) is 5.52 Å². The van der Waals surface area contributed by atoms with Crippen LogP contribution < -0.4 is 21.4 Å². The quantitative estimate of drug-likeness (QED) is 0.272. The van der Waals surface area contributed by atoms with Gasteiger partial charge in [-0.25, -0.2) is 15.2 Å². The minimum absolute atomic E-state index is 0.101. The number of hydrogen-bond donors (Lipinski definition) is 1. The van der Waals surface area contributed by atoms with Gasteiger partial charge >= 0.3 is 5.69 Å². The van der Waals surface area contributed by atoms with Crippen molar-refractivity contribution in [3.05, 3.63) is 66.5 Å². The third kappa shape index (κ3) is 4.69. The SMILES string of the molecule is C=CCOc1c(Br)cc(Br)cc1/C=N\NC(=O)Cn1cnc2c(=O)n(C)c(=O)n(C)c21. The van der Waals surface area contributed by atoms with E-state index in [0.717, 1.165) is 9.04 Å². The Morgan fingerprint density at radius 1 is 1.29 bits per heavy atom. The molecule has 0 aliphatic carbocycles. The zero-order valence-electron chi connectivity index (χ0n) is 16.6. The number of carbonyl (C=O) groups excluding carboxylic acids is 1. The molecule has 3 aromatic rings. The van der Waals surface area contributed by atoms with E-state index in [4.69, 9.17) is 4.74 Å². The summed E-state index contributed by atoms with van der Waals surface area (Å²) in [4.78, 5) is 40.8. The van der Waals surface area contributed by atoms with Crippen molar-refractivity contribution >= 4 is 55.1 Å². The molecule has 2 aromatic heterocycles. The number of imidazole rings is 1. The van der Waals surface area contributed by atoms with Crippen molar-refractivity contribution in [3.8, 4) is 5.75 Å². The number of ether oxygens (including phenoxy) is 1. The van der Waals surface area contributed by atoms with Crippen molar-refractivity contribution in [2.24, 2.45) is 19.2 Å². The average Bonchev–Trinajstić information content (AvgIpc) is 3.13. The van der Waals surface area contributed by atoms with Crippen LogP contribution >= 0.6 is 31.9 Å². The predicted octanol–water partition coefficient (Wildman–Crippen LogP) is 1.67. The molecule has 0 saturated carbocycles. The summed E-state index contributed by atoms with van der Waals surface area (Å²) in [6.07, 6.45) is 4.40. The number of benzene rings is 1. The maximum absolute atomic E-state index is 12.4. The van der Waals surface area contributed by atoms with Gasteiger partial charge in [-0.2, -0.15) is 5.10 Å². The molecule has 0 atom stereocenters. The van der Waals surface area contributed by atoms with Crippen LogP contribution in [0.1, 0.15) is 5.56 Å². The fraction of sp³-hybridized carbons (Fsp3) is 0.211. The predicted molar refractivity (Wildman–Crippen MR) is 123 cm³/mol. The van der Waals surface area contributed by atoms with Crippen molar-refractivity contribution in [1.29, 1.82) is 0 Å². The minimum Gasteiger partial charge on any atom is -0.488 e. The Kier molecular flexibility index (Phi) is 6.91. The Labute approximate surface area is 193 Å². The normalized spacial score (nSPS) is 11.2. The fourth-order valence-electron chi connectivity index (χ4n) is 2.89. The van der Waals surface area contributed by atoms with E-state index in [-0.39, 0.29) is 17.7 Å². The number of nitrogens with one attached hydrogen (secondary N) is 1. The van der Waals surface area contributed by atoms with Gasteiger partial charge in [0, 0.05) is 24.1 Å². The molecule has 0 aliphatic rings. The van der Waals surface area contributed by atoms with Gasteiger partial charge in [-0.3, -0.25) is 18.7 Å². The van der Waals surface area contributed by atoms with Crippen LogP contribution in [0.2, 0.25) is 0 Å². The Morgan fingerprint density at radius 2 is 2.03 bits per heavy atom. The van der Waals surface area contributed by atoms with Gasteiger partial charge in [0.1, 0.15) is 24.5 Å². The van der Waals surface area contributed by atoms with Gasteiger partial charge in [-0.1, -0.05) is 28.6 Å². The number of aryl methyl sites for hydroxylation is 1. The van der Waals surface area contributed by atoms with E-state index in [1.807, 2.05) is 6.07 Å². The lowest BCUT2D eigenvalue weighted by molar-refractivity contribution is -0.121. The van der Waals surface area contributed by atoms with E-state index in [1.165, 1.54) is 35.8 Å². The van der Waals surface area contributed by atoms with Gasteiger partial charge < -0.3 is 9.30 Å².